The van der Waals surface area contributed by atoms with Gasteiger partial charge >= 0.3 is 5.97 Å². The van der Waals surface area contributed by atoms with Gasteiger partial charge in [-0.15, -0.1) is 0 Å². The van der Waals surface area contributed by atoms with Crippen LogP contribution in [0.3, 0.4) is 0 Å². The van der Waals surface area contributed by atoms with Crippen LogP contribution < -0.4 is 10.5 Å². The molecule has 0 bridgehead atoms. The number of ether oxygens (including phenoxy) is 1. The van der Waals surface area contributed by atoms with E-state index in [4.69, 9.17) is 4.74 Å². The maximum atomic E-state index is 12.0. The standard InChI is InChI=1S/C17H23NO2.C2H5N/c1-13-7-9-18(10-8-13)12-17(19)20-16-6-5-14-3-2-4-15(14)11-16;1-2-3/h5-6,11,13H,2-4,7-10,12H2,1H3;2H,1,3H2. The van der Waals surface area contributed by atoms with Crippen molar-refractivity contribution >= 4 is 5.97 Å². The largest absolute Gasteiger partial charge is 0.426 e. The minimum atomic E-state index is -0.127. The van der Waals surface area contributed by atoms with Gasteiger partial charge in [0, 0.05) is 0 Å². The molecule has 4 nitrogen and oxygen atoms in total. The molecule has 1 fully saturated rings. The van der Waals surface area contributed by atoms with Crippen LogP contribution in [0.25, 0.3) is 0 Å². The summed E-state index contributed by atoms with van der Waals surface area (Å²) >= 11 is 0. The number of benzene rings is 1. The van der Waals surface area contributed by atoms with Crippen molar-refractivity contribution in [1.82, 2.24) is 4.90 Å². The molecule has 1 aliphatic heterocycles. The van der Waals surface area contributed by atoms with Crippen LogP contribution in [-0.4, -0.2) is 30.5 Å². The number of nitrogens with two attached hydrogens (primary N) is 1. The summed E-state index contributed by atoms with van der Waals surface area (Å²) in [7, 11) is 0. The van der Waals surface area contributed by atoms with Crippen molar-refractivity contribution in [2.45, 2.75) is 39.0 Å². The minimum absolute atomic E-state index is 0.127. The zero-order valence-electron chi connectivity index (χ0n) is 14.1. The molecule has 23 heavy (non-hydrogen) atoms. The molecule has 1 aromatic carbocycles. The number of fused-ring (bicyclic) bond motifs is 1. The molecular formula is C19H28N2O2. The van der Waals surface area contributed by atoms with E-state index in [0.717, 1.165) is 31.8 Å². The topological polar surface area (TPSA) is 55.6 Å². The summed E-state index contributed by atoms with van der Waals surface area (Å²) < 4.78 is 5.49. The number of carbonyl (C=O) groups is 1. The van der Waals surface area contributed by atoms with Crippen LogP contribution in [0.4, 0.5) is 0 Å². The lowest BCUT2D eigenvalue weighted by molar-refractivity contribution is -0.136. The Bertz CT molecular complexity index is 534. The number of carbonyl (C=O) groups excluding carboxylic acids is 1. The molecule has 2 N–H and O–H groups in total. The Kier molecular flexibility index (Phi) is 6.66. The Hall–Kier alpha value is -1.81. The van der Waals surface area contributed by atoms with Crippen molar-refractivity contribution in [3.8, 4) is 5.75 Å². The SMILES string of the molecule is C=CN.CC1CCN(CC(=O)Oc2ccc3c(c2)CCC3)CC1. The summed E-state index contributed by atoms with van der Waals surface area (Å²) in [5, 5.41) is 0. The Morgan fingerprint density at radius 3 is 2.70 bits per heavy atom. The van der Waals surface area contributed by atoms with Gasteiger partial charge in [0.25, 0.3) is 0 Å². The third-order valence-corrected chi connectivity index (χ3v) is 4.53. The molecule has 1 aliphatic carbocycles. The second-order valence-corrected chi connectivity index (χ2v) is 6.45. The third-order valence-electron chi connectivity index (χ3n) is 4.53. The highest BCUT2D eigenvalue weighted by Gasteiger charge is 2.19. The molecule has 3 rings (SSSR count). The Morgan fingerprint density at radius 1 is 1.35 bits per heavy atom. The van der Waals surface area contributed by atoms with E-state index in [2.05, 4.69) is 30.2 Å². The molecule has 126 valence electrons. The molecule has 0 amide bonds. The molecule has 1 heterocycles. The number of piperidine rings is 1. The van der Waals surface area contributed by atoms with Gasteiger partial charge < -0.3 is 10.5 Å². The van der Waals surface area contributed by atoms with Crippen LogP contribution in [0, 0.1) is 5.92 Å². The van der Waals surface area contributed by atoms with Crippen LogP contribution >= 0.6 is 0 Å². The van der Waals surface area contributed by atoms with Crippen LogP contribution in [0.2, 0.25) is 0 Å². The van der Waals surface area contributed by atoms with Gasteiger partial charge in [0.1, 0.15) is 5.75 Å². The smallest absolute Gasteiger partial charge is 0.325 e. The van der Waals surface area contributed by atoms with Gasteiger partial charge in [-0.1, -0.05) is 19.6 Å². The Labute approximate surface area is 139 Å². The molecule has 0 atom stereocenters. The van der Waals surface area contributed by atoms with Crippen molar-refractivity contribution in [1.29, 1.82) is 0 Å². The van der Waals surface area contributed by atoms with Crippen LogP contribution in [0.5, 0.6) is 5.75 Å². The van der Waals surface area contributed by atoms with Gasteiger partial charge in [0.2, 0.25) is 0 Å². The number of hydrogen-bond acceptors (Lipinski definition) is 4. The van der Waals surface area contributed by atoms with Gasteiger partial charge in [0.05, 0.1) is 6.54 Å². The lowest BCUT2D eigenvalue weighted by Crippen LogP contribution is -2.38. The van der Waals surface area contributed by atoms with Crippen molar-refractivity contribution in [3.63, 3.8) is 0 Å². The van der Waals surface area contributed by atoms with Crippen molar-refractivity contribution in [2.75, 3.05) is 19.6 Å². The molecule has 0 saturated carbocycles. The zero-order valence-corrected chi connectivity index (χ0v) is 14.1. The fourth-order valence-corrected chi connectivity index (χ4v) is 3.18. The van der Waals surface area contributed by atoms with E-state index < -0.39 is 0 Å². The molecule has 0 unspecified atom stereocenters. The molecule has 0 aromatic heterocycles. The summed E-state index contributed by atoms with van der Waals surface area (Å²) in [6.45, 7) is 7.87. The fourth-order valence-electron chi connectivity index (χ4n) is 3.18. The first kappa shape index (κ1) is 17.5. The maximum absolute atomic E-state index is 12.0. The van der Waals surface area contributed by atoms with Gasteiger partial charge in [0.15, 0.2) is 0 Å². The lowest BCUT2D eigenvalue weighted by Gasteiger charge is -2.29. The number of aryl methyl sites for hydroxylation is 2. The number of likely N-dealkylation sites (tertiary alicyclic amines) is 1. The Balaban J connectivity index is 0.000000595. The van der Waals surface area contributed by atoms with Crippen molar-refractivity contribution in [3.05, 3.63) is 42.1 Å². The fraction of sp³-hybridized carbons (Fsp3) is 0.526. The second-order valence-electron chi connectivity index (χ2n) is 6.45. The molecule has 1 saturated heterocycles. The quantitative estimate of drug-likeness (QED) is 0.688. The van der Waals surface area contributed by atoms with E-state index in [1.165, 1.54) is 36.6 Å². The van der Waals surface area contributed by atoms with Crippen LogP contribution in [-0.2, 0) is 17.6 Å². The van der Waals surface area contributed by atoms with E-state index in [-0.39, 0.29) is 5.97 Å². The van der Waals surface area contributed by atoms with E-state index in [1.807, 2.05) is 12.1 Å². The highest BCUT2D eigenvalue weighted by atomic mass is 16.5. The Morgan fingerprint density at radius 2 is 2.00 bits per heavy atom. The average Bonchev–Trinajstić information content (AvgIpc) is 2.98. The van der Waals surface area contributed by atoms with Crippen LogP contribution in [0.1, 0.15) is 37.3 Å². The van der Waals surface area contributed by atoms with Gasteiger partial charge in [-0.05, 0) is 80.6 Å². The molecule has 2 aliphatic rings. The zero-order chi connectivity index (χ0) is 16.7. The molecule has 4 heteroatoms. The van der Waals surface area contributed by atoms with Gasteiger partial charge in [-0.25, -0.2) is 0 Å². The van der Waals surface area contributed by atoms with E-state index in [1.54, 1.807) is 0 Å². The number of hydrogen-bond donors (Lipinski definition) is 1. The number of nitrogens with zero attached hydrogens (tertiary/aromatic N) is 1. The summed E-state index contributed by atoms with van der Waals surface area (Å²) in [5.41, 5.74) is 7.37. The van der Waals surface area contributed by atoms with Crippen molar-refractivity contribution < 1.29 is 9.53 Å². The van der Waals surface area contributed by atoms with E-state index in [9.17, 15) is 4.79 Å². The molecule has 0 spiro atoms. The molecule has 0 radical (unpaired) electrons. The number of esters is 1. The van der Waals surface area contributed by atoms with E-state index in [0.29, 0.717) is 12.3 Å². The summed E-state index contributed by atoms with van der Waals surface area (Å²) in [6.07, 6.45) is 7.12. The van der Waals surface area contributed by atoms with Crippen molar-refractivity contribution in [2.24, 2.45) is 11.7 Å². The average molecular weight is 316 g/mol. The monoisotopic (exact) mass is 316 g/mol. The summed E-state index contributed by atoms with van der Waals surface area (Å²) in [5.74, 6) is 1.37. The highest BCUT2D eigenvalue weighted by molar-refractivity contribution is 5.74. The van der Waals surface area contributed by atoms with Crippen LogP contribution in [0.15, 0.2) is 31.0 Å². The first-order valence-electron chi connectivity index (χ1n) is 8.50. The minimum Gasteiger partial charge on any atom is -0.426 e. The first-order valence-corrected chi connectivity index (χ1v) is 8.50. The molecule has 1 aromatic rings. The van der Waals surface area contributed by atoms with Gasteiger partial charge in [-0.2, -0.15) is 0 Å². The lowest BCUT2D eigenvalue weighted by atomic mass is 9.99. The summed E-state index contributed by atoms with van der Waals surface area (Å²) in [4.78, 5) is 14.2. The first-order chi connectivity index (χ1) is 11.1. The molecular weight excluding hydrogens is 288 g/mol. The normalized spacial score (nSPS) is 17.8. The van der Waals surface area contributed by atoms with E-state index >= 15 is 0 Å². The second kappa shape index (κ2) is 8.73. The predicted octanol–water partition coefficient (Wildman–Crippen LogP) is 2.90. The highest BCUT2D eigenvalue weighted by Crippen LogP contribution is 2.26. The predicted molar refractivity (Wildman–Crippen MR) is 93.3 cm³/mol. The third kappa shape index (κ3) is 5.39. The van der Waals surface area contributed by atoms with Gasteiger partial charge in [-0.3, -0.25) is 9.69 Å². The maximum Gasteiger partial charge on any atom is 0.325 e. The number of rotatable bonds is 3. The summed E-state index contributed by atoms with van der Waals surface area (Å²) in [6, 6.07) is 6.08.